The number of nitrogens with one attached hydrogen (secondary N) is 1. The van der Waals surface area contributed by atoms with Crippen LogP contribution in [0.25, 0.3) is 0 Å². The Hall–Kier alpha value is -2.27. The number of para-hydroxylation sites is 1. The summed E-state index contributed by atoms with van der Waals surface area (Å²) in [5, 5.41) is 11.7. The summed E-state index contributed by atoms with van der Waals surface area (Å²) in [7, 11) is 0. The fourth-order valence-corrected chi connectivity index (χ4v) is 1.53. The predicted molar refractivity (Wildman–Crippen MR) is 64.5 cm³/mol. The van der Waals surface area contributed by atoms with Crippen LogP contribution in [0.15, 0.2) is 42.7 Å². The van der Waals surface area contributed by atoms with Gasteiger partial charge in [0.15, 0.2) is 5.82 Å². The van der Waals surface area contributed by atoms with Crippen LogP contribution in [0.2, 0.25) is 0 Å². The van der Waals surface area contributed by atoms with E-state index in [0.29, 0.717) is 11.3 Å². The van der Waals surface area contributed by atoms with Gasteiger partial charge in [0.05, 0.1) is 18.4 Å². The van der Waals surface area contributed by atoms with Gasteiger partial charge in [0.25, 0.3) is 5.91 Å². The van der Waals surface area contributed by atoms with E-state index in [0.717, 1.165) is 6.20 Å². The highest BCUT2D eigenvalue weighted by atomic mass is 19.1. The number of carbonyl (C=O) groups is 1. The second-order valence-corrected chi connectivity index (χ2v) is 3.62. The number of benzene rings is 1. The molecule has 0 atom stereocenters. The van der Waals surface area contributed by atoms with E-state index in [-0.39, 0.29) is 12.2 Å². The third-order valence-corrected chi connectivity index (χ3v) is 2.45. The number of halogens is 1. The molecular formula is C13H11FN2O2. The second kappa shape index (κ2) is 5.37. The van der Waals surface area contributed by atoms with E-state index in [1.807, 2.05) is 0 Å². The predicted octanol–water partition coefficient (Wildman–Crippen LogP) is 1.97. The molecule has 1 aromatic carbocycles. The maximum absolute atomic E-state index is 13.4. The van der Waals surface area contributed by atoms with Gasteiger partial charge in [-0.05, 0) is 12.1 Å². The van der Waals surface area contributed by atoms with Crippen molar-refractivity contribution < 1.29 is 14.3 Å². The molecule has 2 rings (SSSR count). The minimum Gasteiger partial charge on any atom is -0.392 e. The van der Waals surface area contributed by atoms with Gasteiger partial charge in [-0.2, -0.15) is 0 Å². The number of anilines is 1. The zero-order valence-electron chi connectivity index (χ0n) is 9.43. The van der Waals surface area contributed by atoms with Gasteiger partial charge in [0.2, 0.25) is 0 Å². The highest BCUT2D eigenvalue weighted by Gasteiger charge is 2.12. The molecule has 18 heavy (non-hydrogen) atoms. The van der Waals surface area contributed by atoms with Crippen LogP contribution in [0.1, 0.15) is 15.9 Å². The van der Waals surface area contributed by atoms with Gasteiger partial charge < -0.3 is 10.4 Å². The van der Waals surface area contributed by atoms with Crippen LogP contribution >= 0.6 is 0 Å². The van der Waals surface area contributed by atoms with Gasteiger partial charge in [0.1, 0.15) is 0 Å². The summed E-state index contributed by atoms with van der Waals surface area (Å²) < 4.78 is 13.4. The van der Waals surface area contributed by atoms with Crippen molar-refractivity contribution in [2.75, 3.05) is 5.32 Å². The topological polar surface area (TPSA) is 62.2 Å². The zero-order valence-corrected chi connectivity index (χ0v) is 9.43. The SMILES string of the molecule is O=C(Nc1ccccc1CO)c1ccncc1F. The van der Waals surface area contributed by atoms with E-state index in [1.54, 1.807) is 24.3 Å². The number of aromatic nitrogens is 1. The molecule has 0 fully saturated rings. The summed E-state index contributed by atoms with van der Waals surface area (Å²) in [4.78, 5) is 15.4. The van der Waals surface area contributed by atoms with E-state index in [9.17, 15) is 9.18 Å². The van der Waals surface area contributed by atoms with Gasteiger partial charge >= 0.3 is 0 Å². The molecule has 0 radical (unpaired) electrons. The molecule has 1 aromatic heterocycles. The molecule has 2 aromatic rings. The molecular weight excluding hydrogens is 235 g/mol. The van der Waals surface area contributed by atoms with Gasteiger partial charge in [0, 0.05) is 17.4 Å². The second-order valence-electron chi connectivity index (χ2n) is 3.62. The molecule has 1 amide bonds. The number of rotatable bonds is 3. The van der Waals surface area contributed by atoms with Crippen molar-refractivity contribution in [3.8, 4) is 0 Å². The highest BCUT2D eigenvalue weighted by molar-refractivity contribution is 6.04. The van der Waals surface area contributed by atoms with Crippen molar-refractivity contribution in [3.63, 3.8) is 0 Å². The summed E-state index contributed by atoms with van der Waals surface area (Å²) in [5.41, 5.74) is 0.944. The molecule has 0 unspecified atom stereocenters. The third kappa shape index (κ3) is 2.52. The molecule has 0 saturated heterocycles. The fraction of sp³-hybridized carbons (Fsp3) is 0.0769. The molecule has 0 aliphatic carbocycles. The minimum atomic E-state index is -0.684. The maximum Gasteiger partial charge on any atom is 0.258 e. The van der Waals surface area contributed by atoms with Gasteiger partial charge in [-0.25, -0.2) is 4.39 Å². The monoisotopic (exact) mass is 246 g/mol. The smallest absolute Gasteiger partial charge is 0.258 e. The van der Waals surface area contributed by atoms with E-state index in [4.69, 9.17) is 5.11 Å². The van der Waals surface area contributed by atoms with Crippen LogP contribution in [0.5, 0.6) is 0 Å². The number of nitrogens with zero attached hydrogens (tertiary/aromatic N) is 1. The number of aliphatic hydroxyl groups is 1. The Kier molecular flexibility index (Phi) is 3.64. The van der Waals surface area contributed by atoms with Crippen LogP contribution in [0.3, 0.4) is 0 Å². The Labute approximate surface area is 103 Å². The first-order valence-electron chi connectivity index (χ1n) is 5.32. The van der Waals surface area contributed by atoms with Crippen LogP contribution < -0.4 is 5.32 Å². The van der Waals surface area contributed by atoms with Crippen LogP contribution in [0.4, 0.5) is 10.1 Å². The van der Waals surface area contributed by atoms with Crippen molar-refractivity contribution in [3.05, 3.63) is 59.7 Å². The largest absolute Gasteiger partial charge is 0.392 e. The number of hydrogen-bond donors (Lipinski definition) is 2. The Bertz CT molecular complexity index is 572. The van der Waals surface area contributed by atoms with E-state index in [1.165, 1.54) is 12.3 Å². The van der Waals surface area contributed by atoms with Gasteiger partial charge in [-0.1, -0.05) is 18.2 Å². The first kappa shape index (κ1) is 12.2. The molecule has 0 bridgehead atoms. The molecule has 4 nitrogen and oxygen atoms in total. The number of carbonyl (C=O) groups excluding carboxylic acids is 1. The summed E-state index contributed by atoms with van der Waals surface area (Å²) in [6.07, 6.45) is 2.32. The van der Waals surface area contributed by atoms with Crippen molar-refractivity contribution >= 4 is 11.6 Å². The number of amides is 1. The number of hydrogen-bond acceptors (Lipinski definition) is 3. The molecule has 0 spiro atoms. The molecule has 0 aliphatic rings. The van der Waals surface area contributed by atoms with E-state index >= 15 is 0 Å². The van der Waals surface area contributed by atoms with E-state index < -0.39 is 11.7 Å². The Morgan fingerprint density at radius 1 is 1.33 bits per heavy atom. The first-order valence-corrected chi connectivity index (χ1v) is 5.32. The maximum atomic E-state index is 13.4. The number of pyridine rings is 1. The lowest BCUT2D eigenvalue weighted by Gasteiger charge is -2.09. The quantitative estimate of drug-likeness (QED) is 0.870. The van der Waals surface area contributed by atoms with Crippen molar-refractivity contribution in [2.24, 2.45) is 0 Å². The normalized spacial score (nSPS) is 10.1. The van der Waals surface area contributed by atoms with Crippen molar-refractivity contribution in [2.45, 2.75) is 6.61 Å². The van der Waals surface area contributed by atoms with Crippen LogP contribution in [0, 0.1) is 5.82 Å². The number of aliphatic hydroxyl groups excluding tert-OH is 1. The highest BCUT2D eigenvalue weighted by Crippen LogP contribution is 2.16. The molecule has 0 saturated carbocycles. The Balaban J connectivity index is 2.24. The first-order chi connectivity index (χ1) is 8.72. The van der Waals surface area contributed by atoms with Gasteiger partial charge in [-0.3, -0.25) is 9.78 Å². The van der Waals surface area contributed by atoms with Crippen molar-refractivity contribution in [1.29, 1.82) is 0 Å². The zero-order chi connectivity index (χ0) is 13.0. The average molecular weight is 246 g/mol. The lowest BCUT2D eigenvalue weighted by Crippen LogP contribution is -2.15. The third-order valence-electron chi connectivity index (χ3n) is 2.45. The molecule has 1 heterocycles. The molecule has 92 valence electrons. The van der Waals surface area contributed by atoms with Gasteiger partial charge in [-0.15, -0.1) is 0 Å². The summed E-state index contributed by atoms with van der Waals surface area (Å²) in [6, 6.07) is 8.08. The minimum absolute atomic E-state index is 0.0854. The fourth-order valence-electron chi connectivity index (χ4n) is 1.53. The van der Waals surface area contributed by atoms with Crippen LogP contribution in [-0.4, -0.2) is 16.0 Å². The standard InChI is InChI=1S/C13H11FN2O2/c14-11-7-15-6-5-10(11)13(18)16-12-4-2-1-3-9(12)8-17/h1-7,17H,8H2,(H,16,18). The molecule has 0 aliphatic heterocycles. The Morgan fingerprint density at radius 2 is 2.11 bits per heavy atom. The summed E-state index contributed by atoms with van der Waals surface area (Å²) in [6.45, 7) is -0.199. The lowest BCUT2D eigenvalue weighted by atomic mass is 10.1. The van der Waals surface area contributed by atoms with Crippen LogP contribution in [-0.2, 0) is 6.61 Å². The summed E-state index contributed by atoms with van der Waals surface area (Å²) in [5.74, 6) is -1.26. The Morgan fingerprint density at radius 3 is 2.83 bits per heavy atom. The molecule has 2 N–H and O–H groups in total. The molecule has 5 heteroatoms. The summed E-state index contributed by atoms with van der Waals surface area (Å²) >= 11 is 0. The lowest BCUT2D eigenvalue weighted by molar-refractivity contribution is 0.102. The van der Waals surface area contributed by atoms with Crippen molar-refractivity contribution in [1.82, 2.24) is 4.98 Å². The average Bonchev–Trinajstić information content (AvgIpc) is 2.39. The van der Waals surface area contributed by atoms with E-state index in [2.05, 4.69) is 10.3 Å².